The quantitative estimate of drug-likeness (QED) is 0.122. The number of likely N-dealkylation sites (N-methyl/N-ethyl adjacent to an activating group) is 1. The zero-order valence-corrected chi connectivity index (χ0v) is 25.4. The van der Waals surface area contributed by atoms with E-state index in [-0.39, 0.29) is 31.3 Å². The minimum atomic E-state index is -1.13. The summed E-state index contributed by atoms with van der Waals surface area (Å²) in [7, 11) is 5.36. The number of unbranched alkanes of at least 4 members (excludes halogenated alkanes) is 1. The number of Topliss-reactive ketones (excluding diaryl/α,β-unsaturated/α-hetero) is 1. The fourth-order valence-corrected chi connectivity index (χ4v) is 7.15. The second-order valence-corrected chi connectivity index (χ2v) is 12.8. The van der Waals surface area contributed by atoms with Crippen molar-refractivity contribution in [1.82, 2.24) is 21.3 Å². The highest BCUT2D eigenvalue weighted by molar-refractivity contribution is 8.77. The predicted octanol–water partition coefficient (Wildman–Crippen LogP) is 2.40. The first-order chi connectivity index (χ1) is 19.1. The fraction of sp³-hybridized carbons (Fsp3) is 0.607. The number of hydrogen-bond acceptors (Lipinski definition) is 8. The molecule has 4 N–H and O–H groups in total. The van der Waals surface area contributed by atoms with Gasteiger partial charge in [-0.25, -0.2) is 0 Å². The van der Waals surface area contributed by atoms with Crippen LogP contribution < -0.4 is 26.0 Å². The van der Waals surface area contributed by atoms with E-state index in [1.54, 1.807) is 52.1 Å². The highest BCUT2D eigenvalue weighted by Crippen LogP contribution is 2.39. The highest BCUT2D eigenvalue weighted by atomic mass is 33.1. The van der Waals surface area contributed by atoms with Gasteiger partial charge < -0.3 is 26.0 Å². The van der Waals surface area contributed by atoms with Crippen LogP contribution in [0.2, 0.25) is 0 Å². The number of rotatable bonds is 17. The number of benzene rings is 1. The highest BCUT2D eigenvalue weighted by Gasteiger charge is 2.31. The standard InChI is InChI=1S/C28H42N4O6S2/c1-5-29-28(37)26(35)22(16-19-10-12-20(38-4)13-11-19)31-27(36)25(18(2)3)32-24(34)17-30-23(33)9-7-6-8-21-14-15-39-40-21/h10-13,18,21-22,25H,5-9,14-17H2,1-4H3,(H,29,37)(H,30,33)(H,31,36)(H,32,34)/t21?,22-,25-/m0/s1. The minimum absolute atomic E-state index is 0.0821. The summed E-state index contributed by atoms with van der Waals surface area (Å²) < 4.78 is 5.16. The Kier molecular flexibility index (Phi) is 14.9. The summed E-state index contributed by atoms with van der Waals surface area (Å²) in [5.74, 6) is -1.37. The molecule has 0 aromatic heterocycles. The summed E-state index contributed by atoms with van der Waals surface area (Å²) in [6, 6.07) is 4.85. The molecule has 1 aliphatic heterocycles. The van der Waals surface area contributed by atoms with E-state index in [1.807, 2.05) is 21.6 Å². The molecule has 1 saturated heterocycles. The van der Waals surface area contributed by atoms with Gasteiger partial charge in [0.15, 0.2) is 0 Å². The zero-order valence-electron chi connectivity index (χ0n) is 23.7. The third kappa shape index (κ3) is 11.8. The van der Waals surface area contributed by atoms with Crippen molar-refractivity contribution in [1.29, 1.82) is 0 Å². The molecule has 0 spiro atoms. The summed E-state index contributed by atoms with van der Waals surface area (Å²) in [5, 5.41) is 11.1. The average Bonchev–Trinajstić information content (AvgIpc) is 3.46. The van der Waals surface area contributed by atoms with Crippen LogP contribution in [0.3, 0.4) is 0 Å². The van der Waals surface area contributed by atoms with E-state index in [4.69, 9.17) is 4.74 Å². The molecule has 0 saturated carbocycles. The average molecular weight is 595 g/mol. The molecule has 1 heterocycles. The van der Waals surface area contributed by atoms with E-state index in [9.17, 15) is 24.0 Å². The van der Waals surface area contributed by atoms with Crippen LogP contribution in [-0.4, -0.2) is 72.7 Å². The van der Waals surface area contributed by atoms with Crippen molar-refractivity contribution in [2.45, 2.75) is 76.6 Å². The first kappa shape index (κ1) is 33.5. The molecule has 4 amide bonds. The van der Waals surface area contributed by atoms with Gasteiger partial charge in [-0.2, -0.15) is 0 Å². The number of amides is 4. The van der Waals surface area contributed by atoms with Crippen molar-refractivity contribution >= 4 is 51.0 Å². The molecule has 2 rings (SSSR count). The maximum atomic E-state index is 13.2. The summed E-state index contributed by atoms with van der Waals surface area (Å²) >= 11 is 0. The Labute approximate surface area is 244 Å². The van der Waals surface area contributed by atoms with E-state index in [2.05, 4.69) is 21.3 Å². The van der Waals surface area contributed by atoms with Crippen LogP contribution in [0.15, 0.2) is 24.3 Å². The van der Waals surface area contributed by atoms with E-state index in [0.717, 1.165) is 24.8 Å². The minimum Gasteiger partial charge on any atom is -0.497 e. The molecular formula is C28H42N4O6S2. The molecule has 1 aromatic rings. The van der Waals surface area contributed by atoms with Crippen LogP contribution in [0, 0.1) is 5.92 Å². The van der Waals surface area contributed by atoms with Gasteiger partial charge in [0.1, 0.15) is 17.8 Å². The monoisotopic (exact) mass is 594 g/mol. The van der Waals surface area contributed by atoms with Crippen LogP contribution >= 0.6 is 21.6 Å². The second kappa shape index (κ2) is 17.9. The predicted molar refractivity (Wildman–Crippen MR) is 159 cm³/mol. The molecular weight excluding hydrogens is 552 g/mol. The van der Waals surface area contributed by atoms with Gasteiger partial charge in [-0.15, -0.1) is 0 Å². The number of carbonyl (C=O) groups is 5. The number of ketones is 1. The molecule has 1 aromatic carbocycles. The molecule has 0 radical (unpaired) electrons. The van der Waals surface area contributed by atoms with Crippen molar-refractivity contribution in [3.63, 3.8) is 0 Å². The smallest absolute Gasteiger partial charge is 0.289 e. The number of ether oxygens (including phenoxy) is 1. The Balaban J connectivity index is 1.92. The summed E-state index contributed by atoms with van der Waals surface area (Å²) in [5.41, 5.74) is 0.720. The Bertz CT molecular complexity index is 999. The summed E-state index contributed by atoms with van der Waals surface area (Å²) in [6.07, 6.45) is 4.48. The third-order valence-electron chi connectivity index (χ3n) is 6.41. The Morgan fingerprint density at radius 3 is 2.33 bits per heavy atom. The second-order valence-electron chi connectivity index (χ2n) is 9.98. The third-order valence-corrected chi connectivity index (χ3v) is 9.42. The molecule has 0 aliphatic carbocycles. The van der Waals surface area contributed by atoms with Crippen LogP contribution in [-0.2, 0) is 30.4 Å². The van der Waals surface area contributed by atoms with Crippen molar-refractivity contribution in [3.05, 3.63) is 29.8 Å². The molecule has 1 fully saturated rings. The molecule has 1 aliphatic rings. The van der Waals surface area contributed by atoms with Gasteiger partial charge in [0.05, 0.1) is 13.7 Å². The van der Waals surface area contributed by atoms with E-state index in [0.29, 0.717) is 17.4 Å². The summed E-state index contributed by atoms with van der Waals surface area (Å²) in [6.45, 7) is 5.23. The van der Waals surface area contributed by atoms with Crippen molar-refractivity contribution < 1.29 is 28.7 Å². The SMILES string of the molecule is CCNC(=O)C(=O)[C@H](Cc1ccc(OC)cc1)NC(=O)[C@@H](NC(=O)CNC(=O)CCCCC1CCSS1)C(C)C. The Morgan fingerprint density at radius 2 is 1.73 bits per heavy atom. The molecule has 3 atom stereocenters. The molecule has 10 nitrogen and oxygen atoms in total. The molecule has 1 unspecified atom stereocenters. The van der Waals surface area contributed by atoms with Crippen LogP contribution in [0.4, 0.5) is 0 Å². The van der Waals surface area contributed by atoms with Crippen molar-refractivity contribution in [2.24, 2.45) is 5.92 Å². The zero-order chi connectivity index (χ0) is 29.5. The molecule has 222 valence electrons. The van der Waals surface area contributed by atoms with Crippen LogP contribution in [0.1, 0.15) is 58.4 Å². The van der Waals surface area contributed by atoms with Crippen LogP contribution in [0.25, 0.3) is 0 Å². The van der Waals surface area contributed by atoms with Crippen molar-refractivity contribution in [2.75, 3.05) is 26.0 Å². The van der Waals surface area contributed by atoms with Gasteiger partial charge in [-0.05, 0) is 49.8 Å². The van der Waals surface area contributed by atoms with Gasteiger partial charge in [-0.3, -0.25) is 24.0 Å². The van der Waals surface area contributed by atoms with Crippen LogP contribution in [0.5, 0.6) is 5.75 Å². The number of nitrogens with one attached hydrogen (secondary N) is 4. The first-order valence-electron chi connectivity index (χ1n) is 13.7. The number of hydrogen-bond donors (Lipinski definition) is 4. The molecule has 40 heavy (non-hydrogen) atoms. The number of methoxy groups -OCH3 is 1. The Hall–Kier alpha value is -2.73. The molecule has 12 heteroatoms. The van der Waals surface area contributed by atoms with E-state index >= 15 is 0 Å². The fourth-order valence-electron chi connectivity index (χ4n) is 4.12. The maximum Gasteiger partial charge on any atom is 0.289 e. The Morgan fingerprint density at radius 1 is 1.00 bits per heavy atom. The normalized spacial score (nSPS) is 16.1. The lowest BCUT2D eigenvalue weighted by Crippen LogP contribution is -2.57. The van der Waals surface area contributed by atoms with E-state index in [1.165, 1.54) is 12.2 Å². The lowest BCUT2D eigenvalue weighted by Gasteiger charge is -2.25. The van der Waals surface area contributed by atoms with Gasteiger partial charge in [-0.1, -0.05) is 54.0 Å². The topological polar surface area (TPSA) is 143 Å². The summed E-state index contributed by atoms with van der Waals surface area (Å²) in [4.78, 5) is 63.2. The van der Waals surface area contributed by atoms with Gasteiger partial charge >= 0.3 is 0 Å². The first-order valence-corrected chi connectivity index (χ1v) is 16.1. The number of carbonyl (C=O) groups excluding carboxylic acids is 5. The largest absolute Gasteiger partial charge is 0.497 e. The lowest BCUT2D eigenvalue weighted by atomic mass is 9.99. The lowest BCUT2D eigenvalue weighted by molar-refractivity contribution is -0.140. The molecule has 0 bridgehead atoms. The maximum absolute atomic E-state index is 13.2. The van der Waals surface area contributed by atoms with Crippen molar-refractivity contribution in [3.8, 4) is 5.75 Å². The van der Waals surface area contributed by atoms with Gasteiger partial charge in [0.2, 0.25) is 23.5 Å². The van der Waals surface area contributed by atoms with Gasteiger partial charge in [0.25, 0.3) is 5.91 Å². The van der Waals surface area contributed by atoms with E-state index < -0.39 is 35.6 Å². The van der Waals surface area contributed by atoms with Gasteiger partial charge in [0, 0.05) is 30.4 Å².